The summed E-state index contributed by atoms with van der Waals surface area (Å²) in [4.78, 5) is 25.4. The van der Waals surface area contributed by atoms with Crippen LogP contribution in [-0.4, -0.2) is 43.4 Å². The first-order chi connectivity index (χ1) is 12.4. The van der Waals surface area contributed by atoms with Gasteiger partial charge in [0.05, 0.1) is 6.10 Å². The zero-order valence-electron chi connectivity index (χ0n) is 15.4. The lowest BCUT2D eigenvalue weighted by atomic mass is 10.1. The molecule has 3 aromatic rings. The molecule has 26 heavy (non-hydrogen) atoms. The number of rotatable bonds is 6. The molecule has 1 aromatic heterocycles. The second-order valence-corrected chi connectivity index (χ2v) is 7.76. The predicted molar refractivity (Wildman–Crippen MR) is 106 cm³/mol. The number of hydrogen-bond acceptors (Lipinski definition) is 6. The molecule has 6 heteroatoms. The normalized spacial score (nSPS) is 12.8. The summed E-state index contributed by atoms with van der Waals surface area (Å²) in [6.45, 7) is 4.46. The summed E-state index contributed by atoms with van der Waals surface area (Å²) in [5.74, 6) is 0.506. The number of likely N-dealkylation sites (N-methyl/N-ethyl adjacent to an activating group) is 1. The number of hydrogen-bond donors (Lipinski definition) is 1. The molecule has 1 heterocycles. The highest BCUT2D eigenvalue weighted by molar-refractivity contribution is 7.24. The Hall–Kier alpha value is -1.99. The van der Waals surface area contributed by atoms with Gasteiger partial charge in [0.25, 0.3) is 0 Å². The number of nitrogens with zero attached hydrogens (tertiary/aromatic N) is 1. The van der Waals surface area contributed by atoms with Gasteiger partial charge in [0.1, 0.15) is 6.61 Å². The standard InChI is InChI=1S/C20H23NO4S/c1-12-13(2)20-16(19(23)15-7-5-6-8-18(15)26-20)9-17(12)25-24-11-14(22)10-21(3)4/h5-9,14,22H,10-11H2,1-4H3. The van der Waals surface area contributed by atoms with Crippen LogP contribution in [0.4, 0.5) is 0 Å². The first-order valence-corrected chi connectivity index (χ1v) is 9.28. The molecule has 0 fully saturated rings. The van der Waals surface area contributed by atoms with Crippen molar-refractivity contribution >= 4 is 31.5 Å². The quantitative estimate of drug-likeness (QED) is 0.408. The fourth-order valence-corrected chi connectivity index (χ4v) is 4.10. The van der Waals surface area contributed by atoms with Crippen LogP contribution in [0.1, 0.15) is 11.1 Å². The van der Waals surface area contributed by atoms with Crippen LogP contribution in [0, 0.1) is 13.8 Å². The van der Waals surface area contributed by atoms with Crippen molar-refractivity contribution in [3.05, 3.63) is 51.7 Å². The molecule has 0 saturated carbocycles. The van der Waals surface area contributed by atoms with Crippen LogP contribution >= 0.6 is 11.3 Å². The molecule has 138 valence electrons. The molecule has 0 spiro atoms. The molecule has 1 N–H and O–H groups in total. The van der Waals surface area contributed by atoms with Crippen LogP contribution in [0.15, 0.2) is 35.1 Å². The number of aliphatic hydroxyl groups excluding tert-OH is 1. The van der Waals surface area contributed by atoms with E-state index < -0.39 is 6.10 Å². The summed E-state index contributed by atoms with van der Waals surface area (Å²) >= 11 is 1.61. The lowest BCUT2D eigenvalue weighted by Gasteiger charge is -2.16. The van der Waals surface area contributed by atoms with Crippen LogP contribution in [0.5, 0.6) is 5.75 Å². The van der Waals surface area contributed by atoms with E-state index in [0.29, 0.717) is 23.1 Å². The minimum atomic E-state index is -0.645. The van der Waals surface area contributed by atoms with E-state index in [-0.39, 0.29) is 12.0 Å². The molecule has 3 rings (SSSR count). The Labute approximate surface area is 156 Å². The zero-order chi connectivity index (χ0) is 18.8. The summed E-state index contributed by atoms with van der Waals surface area (Å²) < 4.78 is 1.94. The third-order valence-corrected chi connectivity index (χ3v) is 5.67. The van der Waals surface area contributed by atoms with E-state index in [1.54, 1.807) is 17.4 Å². The minimum Gasteiger partial charge on any atom is -0.389 e. The Kier molecular flexibility index (Phi) is 5.58. The van der Waals surface area contributed by atoms with Crippen molar-refractivity contribution in [1.29, 1.82) is 0 Å². The molecule has 0 bridgehead atoms. The van der Waals surface area contributed by atoms with Gasteiger partial charge in [-0.15, -0.1) is 11.3 Å². The van der Waals surface area contributed by atoms with Gasteiger partial charge in [0.2, 0.25) is 0 Å². The van der Waals surface area contributed by atoms with Crippen molar-refractivity contribution in [2.24, 2.45) is 0 Å². The molecule has 0 aliphatic carbocycles. The fraction of sp³-hybridized carbons (Fsp3) is 0.350. The second kappa shape index (κ2) is 7.72. The average molecular weight is 373 g/mol. The number of benzene rings is 2. The first kappa shape index (κ1) is 18.8. The Morgan fingerprint density at radius 2 is 1.88 bits per heavy atom. The molecule has 1 atom stereocenters. The topological polar surface area (TPSA) is 59.0 Å². The van der Waals surface area contributed by atoms with Crippen molar-refractivity contribution in [3.8, 4) is 5.75 Å². The third kappa shape index (κ3) is 3.73. The Morgan fingerprint density at radius 3 is 2.62 bits per heavy atom. The average Bonchev–Trinajstić information content (AvgIpc) is 2.59. The lowest BCUT2D eigenvalue weighted by molar-refractivity contribution is -0.224. The molecule has 0 amide bonds. The van der Waals surface area contributed by atoms with Gasteiger partial charge < -0.3 is 14.9 Å². The van der Waals surface area contributed by atoms with Gasteiger partial charge in [-0.1, -0.05) is 12.1 Å². The molecule has 0 aliphatic heterocycles. The second-order valence-electron chi connectivity index (χ2n) is 6.71. The molecule has 5 nitrogen and oxygen atoms in total. The van der Waals surface area contributed by atoms with Gasteiger partial charge in [-0.25, -0.2) is 0 Å². The van der Waals surface area contributed by atoms with E-state index in [4.69, 9.17) is 9.78 Å². The number of aliphatic hydroxyl groups is 1. The van der Waals surface area contributed by atoms with Gasteiger partial charge in [-0.05, 0) is 57.3 Å². The van der Waals surface area contributed by atoms with E-state index >= 15 is 0 Å². The van der Waals surface area contributed by atoms with Crippen molar-refractivity contribution < 1.29 is 14.9 Å². The number of aryl methyl sites for hydroxylation is 1. The molecular weight excluding hydrogens is 350 g/mol. The van der Waals surface area contributed by atoms with Gasteiger partial charge >= 0.3 is 0 Å². The minimum absolute atomic E-state index is 0.00468. The van der Waals surface area contributed by atoms with Crippen LogP contribution in [0.25, 0.3) is 20.2 Å². The van der Waals surface area contributed by atoms with E-state index in [2.05, 4.69) is 0 Å². The molecule has 0 saturated heterocycles. The third-order valence-electron chi connectivity index (χ3n) is 4.37. The van der Waals surface area contributed by atoms with Gasteiger partial charge in [0.15, 0.2) is 11.2 Å². The van der Waals surface area contributed by atoms with Gasteiger partial charge in [-0.3, -0.25) is 4.79 Å². The van der Waals surface area contributed by atoms with E-state index in [0.717, 1.165) is 20.5 Å². The zero-order valence-corrected chi connectivity index (χ0v) is 16.2. The number of fused-ring (bicyclic) bond motifs is 2. The van der Waals surface area contributed by atoms with Crippen LogP contribution < -0.4 is 10.3 Å². The van der Waals surface area contributed by atoms with Crippen LogP contribution in [-0.2, 0) is 4.89 Å². The fourth-order valence-electron chi connectivity index (χ4n) is 2.90. The highest BCUT2D eigenvalue weighted by atomic mass is 32.1. The highest BCUT2D eigenvalue weighted by Crippen LogP contribution is 2.33. The summed E-state index contributed by atoms with van der Waals surface area (Å²) in [6, 6.07) is 9.36. The van der Waals surface area contributed by atoms with Crippen molar-refractivity contribution in [2.45, 2.75) is 20.0 Å². The summed E-state index contributed by atoms with van der Waals surface area (Å²) in [6.07, 6.45) is -0.645. The SMILES string of the molecule is Cc1c(OOCC(O)CN(C)C)cc2c(=O)c3ccccc3sc2c1C. The Balaban J connectivity index is 1.94. The maximum atomic E-state index is 12.9. The van der Waals surface area contributed by atoms with E-state index in [1.807, 2.05) is 57.1 Å². The summed E-state index contributed by atoms with van der Waals surface area (Å²) in [5, 5.41) is 11.2. The largest absolute Gasteiger partial charge is 0.389 e. The van der Waals surface area contributed by atoms with Gasteiger partial charge in [-0.2, -0.15) is 4.89 Å². The summed E-state index contributed by atoms with van der Waals surface area (Å²) in [7, 11) is 3.75. The van der Waals surface area contributed by atoms with E-state index in [9.17, 15) is 9.90 Å². The van der Waals surface area contributed by atoms with Crippen molar-refractivity contribution in [1.82, 2.24) is 4.90 Å². The lowest BCUT2D eigenvalue weighted by Crippen LogP contribution is -2.30. The first-order valence-electron chi connectivity index (χ1n) is 8.46. The molecular formula is C20H23NO4S. The molecule has 0 radical (unpaired) electrons. The molecule has 2 aromatic carbocycles. The van der Waals surface area contributed by atoms with Crippen LogP contribution in [0.2, 0.25) is 0 Å². The van der Waals surface area contributed by atoms with Crippen molar-refractivity contribution in [3.63, 3.8) is 0 Å². The molecule has 0 aliphatic rings. The smallest absolute Gasteiger partial charge is 0.196 e. The monoisotopic (exact) mass is 373 g/mol. The Bertz CT molecular complexity index is 996. The van der Waals surface area contributed by atoms with E-state index in [1.165, 1.54) is 0 Å². The Morgan fingerprint density at radius 1 is 1.15 bits per heavy atom. The highest BCUT2D eigenvalue weighted by Gasteiger charge is 2.15. The predicted octanol–water partition coefficient (Wildman–Crippen LogP) is 3.26. The van der Waals surface area contributed by atoms with Crippen molar-refractivity contribution in [2.75, 3.05) is 27.2 Å². The summed E-state index contributed by atoms with van der Waals surface area (Å²) in [5.41, 5.74) is 1.92. The molecule has 1 unspecified atom stereocenters. The maximum absolute atomic E-state index is 12.9. The van der Waals surface area contributed by atoms with Gasteiger partial charge in [0, 0.05) is 26.7 Å². The van der Waals surface area contributed by atoms with Crippen LogP contribution in [0.3, 0.4) is 0 Å². The maximum Gasteiger partial charge on any atom is 0.196 e.